The highest BCUT2D eigenvalue weighted by Crippen LogP contribution is 2.16. The molecule has 0 aromatic rings. The Morgan fingerprint density at radius 3 is 2.00 bits per heavy atom. The molecule has 13 heavy (non-hydrogen) atoms. The maximum Gasteiger partial charge on any atom is 0.0215 e. The molecule has 0 amide bonds. The Labute approximate surface area is 83.7 Å². The maximum atomic E-state index is 3.29. The van der Waals surface area contributed by atoms with Crippen LogP contribution in [0.3, 0.4) is 0 Å². The molecule has 2 unspecified atom stereocenters. The lowest BCUT2D eigenvalue weighted by atomic mass is 9.95. The molecule has 80 valence electrons. The van der Waals surface area contributed by atoms with E-state index in [-0.39, 0.29) is 0 Å². The van der Waals surface area contributed by atoms with Crippen LogP contribution in [0.4, 0.5) is 0 Å². The summed E-state index contributed by atoms with van der Waals surface area (Å²) in [6.07, 6.45) is 0. The van der Waals surface area contributed by atoms with E-state index in [4.69, 9.17) is 0 Å². The van der Waals surface area contributed by atoms with Gasteiger partial charge in [-0.15, -0.1) is 0 Å². The molecule has 0 spiro atoms. The molecule has 0 radical (unpaired) electrons. The maximum absolute atomic E-state index is 3.29. The Morgan fingerprint density at radius 1 is 1.23 bits per heavy atom. The molecule has 2 nitrogen and oxygen atoms in total. The van der Waals surface area contributed by atoms with Crippen LogP contribution >= 0.6 is 0 Å². The van der Waals surface area contributed by atoms with Gasteiger partial charge in [0.1, 0.15) is 0 Å². The molecule has 0 heterocycles. The van der Waals surface area contributed by atoms with Gasteiger partial charge in [-0.3, -0.25) is 0 Å². The van der Waals surface area contributed by atoms with E-state index in [9.17, 15) is 0 Å². The second-order valence-corrected chi connectivity index (χ2v) is 5.29. The summed E-state index contributed by atoms with van der Waals surface area (Å²) < 4.78 is 0. The lowest BCUT2D eigenvalue weighted by Crippen LogP contribution is -2.46. The first-order valence-corrected chi connectivity index (χ1v) is 5.15. The van der Waals surface area contributed by atoms with E-state index < -0.39 is 0 Å². The van der Waals surface area contributed by atoms with Crippen molar-refractivity contribution in [2.45, 2.75) is 46.7 Å². The average molecular weight is 186 g/mol. The Kier molecular flexibility index (Phi) is 4.93. The van der Waals surface area contributed by atoms with Crippen molar-refractivity contribution in [1.29, 1.82) is 0 Å². The number of hydrogen-bond donors (Lipinski definition) is 1. The molecule has 0 aliphatic carbocycles. The second-order valence-electron chi connectivity index (χ2n) is 5.29. The minimum Gasteiger partial charge on any atom is -0.316 e. The fourth-order valence-corrected chi connectivity index (χ4v) is 1.52. The highest BCUT2D eigenvalue weighted by molar-refractivity contribution is 4.77. The van der Waals surface area contributed by atoms with Gasteiger partial charge in [-0.25, -0.2) is 0 Å². The fourth-order valence-electron chi connectivity index (χ4n) is 1.52. The van der Waals surface area contributed by atoms with Gasteiger partial charge in [0.05, 0.1) is 0 Å². The molecule has 0 fully saturated rings. The molecule has 0 rings (SSSR count). The molecule has 0 aliphatic heterocycles. The smallest absolute Gasteiger partial charge is 0.0215 e. The van der Waals surface area contributed by atoms with Crippen molar-refractivity contribution in [1.82, 2.24) is 10.2 Å². The zero-order chi connectivity index (χ0) is 10.6. The largest absolute Gasteiger partial charge is 0.316 e. The molecule has 0 aliphatic rings. The van der Waals surface area contributed by atoms with Crippen LogP contribution in [0.5, 0.6) is 0 Å². The van der Waals surface area contributed by atoms with E-state index in [2.05, 4.69) is 51.9 Å². The molecule has 2 atom stereocenters. The highest BCUT2D eigenvalue weighted by atomic mass is 15.2. The molecule has 0 saturated heterocycles. The lowest BCUT2D eigenvalue weighted by molar-refractivity contribution is 0.159. The van der Waals surface area contributed by atoms with E-state index >= 15 is 0 Å². The lowest BCUT2D eigenvalue weighted by Gasteiger charge is -2.34. The number of nitrogens with zero attached hydrogens (tertiary/aromatic N) is 1. The third-order valence-corrected chi connectivity index (χ3v) is 2.60. The van der Waals surface area contributed by atoms with Gasteiger partial charge in [-0.05, 0) is 33.4 Å². The van der Waals surface area contributed by atoms with Crippen molar-refractivity contribution in [2.75, 3.05) is 20.6 Å². The van der Waals surface area contributed by atoms with Crippen molar-refractivity contribution in [3.63, 3.8) is 0 Å². The van der Waals surface area contributed by atoms with E-state index in [0.29, 0.717) is 17.5 Å². The van der Waals surface area contributed by atoms with Crippen LogP contribution in [-0.4, -0.2) is 37.6 Å². The van der Waals surface area contributed by atoms with Gasteiger partial charge in [-0.1, -0.05) is 20.8 Å². The van der Waals surface area contributed by atoms with E-state index in [1.54, 1.807) is 0 Å². The van der Waals surface area contributed by atoms with Crippen LogP contribution in [0, 0.1) is 5.41 Å². The monoisotopic (exact) mass is 186 g/mol. The normalized spacial score (nSPS) is 17.5. The Balaban J connectivity index is 4.03. The Bertz CT molecular complexity index is 138. The summed E-state index contributed by atoms with van der Waals surface area (Å²) in [6, 6.07) is 1.14. The summed E-state index contributed by atoms with van der Waals surface area (Å²) in [7, 11) is 4.22. The Hall–Kier alpha value is -0.0800. The number of hydrogen-bond acceptors (Lipinski definition) is 2. The number of nitrogens with one attached hydrogen (secondary N) is 1. The van der Waals surface area contributed by atoms with Crippen LogP contribution < -0.4 is 5.32 Å². The van der Waals surface area contributed by atoms with Crippen LogP contribution in [0.2, 0.25) is 0 Å². The summed E-state index contributed by atoms with van der Waals surface area (Å²) >= 11 is 0. The van der Waals surface area contributed by atoms with Crippen LogP contribution in [-0.2, 0) is 0 Å². The summed E-state index contributed by atoms with van der Waals surface area (Å²) in [5.41, 5.74) is 0.385. The summed E-state index contributed by atoms with van der Waals surface area (Å²) in [4.78, 5) is 2.42. The quantitative estimate of drug-likeness (QED) is 0.722. The van der Waals surface area contributed by atoms with E-state index in [0.717, 1.165) is 6.54 Å². The van der Waals surface area contributed by atoms with Gasteiger partial charge in [0, 0.05) is 18.6 Å². The first-order chi connectivity index (χ1) is 5.78. The van der Waals surface area contributed by atoms with Crippen LogP contribution in [0.1, 0.15) is 34.6 Å². The predicted octanol–water partition coefficient (Wildman–Crippen LogP) is 1.96. The molecule has 0 aromatic heterocycles. The molecule has 0 bridgehead atoms. The van der Waals surface area contributed by atoms with E-state index in [1.807, 2.05) is 7.05 Å². The number of likely N-dealkylation sites (N-methyl/N-ethyl adjacent to an activating group) is 2. The fraction of sp³-hybridized carbons (Fsp3) is 1.00. The molecule has 0 aromatic carbocycles. The summed E-state index contributed by atoms with van der Waals surface area (Å²) in [6.45, 7) is 12.5. The van der Waals surface area contributed by atoms with Crippen molar-refractivity contribution in [2.24, 2.45) is 5.41 Å². The average Bonchev–Trinajstić information content (AvgIpc) is 1.98. The van der Waals surface area contributed by atoms with Crippen molar-refractivity contribution >= 4 is 0 Å². The van der Waals surface area contributed by atoms with Crippen molar-refractivity contribution < 1.29 is 0 Å². The third kappa shape index (κ3) is 5.27. The van der Waals surface area contributed by atoms with Gasteiger partial charge in [0.2, 0.25) is 0 Å². The van der Waals surface area contributed by atoms with Crippen molar-refractivity contribution in [3.05, 3.63) is 0 Å². The summed E-state index contributed by atoms with van der Waals surface area (Å²) in [5.74, 6) is 0. The topological polar surface area (TPSA) is 15.3 Å². The van der Waals surface area contributed by atoms with Gasteiger partial charge >= 0.3 is 0 Å². The second kappa shape index (κ2) is 4.97. The molecule has 1 N–H and O–H groups in total. The third-order valence-electron chi connectivity index (χ3n) is 2.60. The predicted molar refractivity (Wildman–Crippen MR) is 60.1 cm³/mol. The molecular weight excluding hydrogens is 160 g/mol. The Morgan fingerprint density at radius 2 is 1.69 bits per heavy atom. The van der Waals surface area contributed by atoms with Gasteiger partial charge < -0.3 is 10.2 Å². The zero-order valence-electron chi connectivity index (χ0n) is 10.3. The van der Waals surface area contributed by atoms with Gasteiger partial charge in [0.15, 0.2) is 0 Å². The molecule has 2 heteroatoms. The first-order valence-electron chi connectivity index (χ1n) is 5.15. The highest BCUT2D eigenvalue weighted by Gasteiger charge is 2.20. The minimum atomic E-state index is 0.385. The first kappa shape index (κ1) is 12.9. The zero-order valence-corrected chi connectivity index (χ0v) is 10.3. The van der Waals surface area contributed by atoms with Crippen LogP contribution in [0.25, 0.3) is 0 Å². The van der Waals surface area contributed by atoms with Gasteiger partial charge in [0.25, 0.3) is 0 Å². The van der Waals surface area contributed by atoms with E-state index in [1.165, 1.54) is 0 Å². The molecular formula is C11H26N2. The molecule has 0 saturated carbocycles. The SMILES string of the molecule is CNC(C)C(C)N(C)CC(C)(C)C. The van der Waals surface area contributed by atoms with Gasteiger partial charge in [-0.2, -0.15) is 0 Å². The number of rotatable bonds is 4. The van der Waals surface area contributed by atoms with Crippen LogP contribution in [0.15, 0.2) is 0 Å². The standard InChI is InChI=1S/C11H26N2/c1-9(12-6)10(2)13(7)8-11(3,4)5/h9-10,12H,8H2,1-7H3. The minimum absolute atomic E-state index is 0.385. The van der Waals surface area contributed by atoms with Crippen molar-refractivity contribution in [3.8, 4) is 0 Å². The summed E-state index contributed by atoms with van der Waals surface area (Å²) in [5, 5.41) is 3.29.